The number of fused-ring (bicyclic) bond motifs is 1. The third-order valence-electron chi connectivity index (χ3n) is 5.87. The number of nitrogens with one attached hydrogen (secondary N) is 1. The van der Waals surface area contributed by atoms with E-state index in [9.17, 15) is 14.7 Å². The molecule has 2 fully saturated rings. The second kappa shape index (κ2) is 8.16. The summed E-state index contributed by atoms with van der Waals surface area (Å²) in [5.41, 5.74) is 1.62. The van der Waals surface area contributed by atoms with Crippen LogP contribution in [0.15, 0.2) is 28.7 Å². The van der Waals surface area contributed by atoms with Crippen LogP contribution in [0.5, 0.6) is 0 Å². The normalized spacial score (nSPS) is 21.5. The van der Waals surface area contributed by atoms with Gasteiger partial charge in [0.2, 0.25) is 0 Å². The van der Waals surface area contributed by atoms with Gasteiger partial charge in [-0.2, -0.15) is 0 Å². The number of hydrogen-bond donors (Lipinski definition) is 2. The van der Waals surface area contributed by atoms with Crippen molar-refractivity contribution in [3.05, 3.63) is 35.6 Å². The Balaban J connectivity index is 1.41. The Bertz CT molecular complexity index is 897. The molecule has 29 heavy (non-hydrogen) atoms. The SMILES string of the molecule is CN(C)Cc1c(C(=O)NC2CC(N(CC(=O)O)CC3CC3)C2)oc2ccccc12. The fraction of sp³-hybridized carbons (Fsp3) is 0.545. The zero-order valence-electron chi connectivity index (χ0n) is 17.1. The summed E-state index contributed by atoms with van der Waals surface area (Å²) < 4.78 is 5.89. The number of carboxylic acid groups (broad SMARTS) is 1. The number of rotatable bonds is 9. The Morgan fingerprint density at radius 2 is 1.93 bits per heavy atom. The molecule has 0 bridgehead atoms. The van der Waals surface area contributed by atoms with Gasteiger partial charge in [0.1, 0.15) is 5.58 Å². The van der Waals surface area contributed by atoms with Crippen LogP contribution in [0.4, 0.5) is 0 Å². The minimum Gasteiger partial charge on any atom is -0.480 e. The molecule has 4 rings (SSSR count). The lowest BCUT2D eigenvalue weighted by Gasteiger charge is -2.42. The van der Waals surface area contributed by atoms with E-state index < -0.39 is 5.97 Å². The van der Waals surface area contributed by atoms with Crippen molar-refractivity contribution in [2.45, 2.75) is 44.3 Å². The average molecular weight is 399 g/mol. The molecule has 1 aromatic heterocycles. The molecule has 0 spiro atoms. The van der Waals surface area contributed by atoms with Crippen molar-refractivity contribution in [3.63, 3.8) is 0 Å². The lowest BCUT2D eigenvalue weighted by Crippen LogP contribution is -2.55. The third kappa shape index (κ3) is 4.62. The van der Waals surface area contributed by atoms with Crippen molar-refractivity contribution in [2.75, 3.05) is 27.2 Å². The summed E-state index contributed by atoms with van der Waals surface area (Å²) in [5.74, 6) is 0.0538. The van der Waals surface area contributed by atoms with Gasteiger partial charge in [-0.05, 0) is 51.8 Å². The predicted octanol–water partition coefficient (Wildman–Crippen LogP) is 2.55. The van der Waals surface area contributed by atoms with Gasteiger partial charge in [-0.1, -0.05) is 18.2 Å². The summed E-state index contributed by atoms with van der Waals surface area (Å²) in [7, 11) is 3.94. The number of benzene rings is 1. The third-order valence-corrected chi connectivity index (χ3v) is 5.87. The molecule has 7 nitrogen and oxygen atoms in total. The van der Waals surface area contributed by atoms with Gasteiger partial charge in [-0.15, -0.1) is 0 Å². The molecule has 2 aromatic rings. The van der Waals surface area contributed by atoms with E-state index in [2.05, 4.69) is 10.2 Å². The number of furan rings is 1. The molecule has 0 unspecified atom stereocenters. The number of carbonyl (C=O) groups excluding carboxylic acids is 1. The first-order valence-corrected chi connectivity index (χ1v) is 10.3. The monoisotopic (exact) mass is 399 g/mol. The Kier molecular flexibility index (Phi) is 5.61. The summed E-state index contributed by atoms with van der Waals surface area (Å²) in [5, 5.41) is 13.2. The number of hydrogen-bond acceptors (Lipinski definition) is 5. The maximum Gasteiger partial charge on any atom is 0.317 e. The highest BCUT2D eigenvalue weighted by atomic mass is 16.4. The summed E-state index contributed by atoms with van der Waals surface area (Å²) >= 11 is 0. The van der Waals surface area contributed by atoms with Crippen LogP contribution in [0, 0.1) is 5.92 Å². The number of amides is 1. The van der Waals surface area contributed by atoms with Crippen LogP contribution in [0.1, 0.15) is 41.8 Å². The smallest absolute Gasteiger partial charge is 0.317 e. The molecule has 2 saturated carbocycles. The molecule has 1 heterocycles. The Labute approximate surface area is 170 Å². The van der Waals surface area contributed by atoms with Gasteiger partial charge in [0, 0.05) is 36.1 Å². The zero-order valence-corrected chi connectivity index (χ0v) is 17.1. The molecule has 1 aromatic carbocycles. The van der Waals surface area contributed by atoms with Gasteiger partial charge < -0.3 is 19.7 Å². The maximum absolute atomic E-state index is 12.9. The lowest BCUT2D eigenvalue weighted by atomic mass is 9.85. The highest BCUT2D eigenvalue weighted by molar-refractivity contribution is 5.99. The van der Waals surface area contributed by atoms with E-state index in [-0.39, 0.29) is 24.5 Å². The van der Waals surface area contributed by atoms with E-state index >= 15 is 0 Å². The quantitative estimate of drug-likeness (QED) is 0.674. The van der Waals surface area contributed by atoms with Gasteiger partial charge in [0.25, 0.3) is 5.91 Å². The Morgan fingerprint density at radius 1 is 1.21 bits per heavy atom. The number of carboxylic acids is 1. The van der Waals surface area contributed by atoms with E-state index in [0.717, 1.165) is 35.9 Å². The van der Waals surface area contributed by atoms with Crippen molar-refractivity contribution < 1.29 is 19.1 Å². The molecule has 2 aliphatic rings. The fourth-order valence-corrected chi connectivity index (χ4v) is 4.16. The molecule has 0 saturated heterocycles. The van der Waals surface area contributed by atoms with Crippen LogP contribution in [0.2, 0.25) is 0 Å². The van der Waals surface area contributed by atoms with Crippen LogP contribution in [0.25, 0.3) is 11.0 Å². The van der Waals surface area contributed by atoms with Crippen molar-refractivity contribution >= 4 is 22.8 Å². The Hall–Kier alpha value is -2.38. The highest BCUT2D eigenvalue weighted by Crippen LogP contribution is 2.34. The molecule has 1 amide bonds. The van der Waals surface area contributed by atoms with Gasteiger partial charge in [0.05, 0.1) is 6.54 Å². The minimum atomic E-state index is -0.784. The first-order valence-electron chi connectivity index (χ1n) is 10.3. The molecular weight excluding hydrogens is 370 g/mol. The van der Waals surface area contributed by atoms with Crippen molar-refractivity contribution in [2.24, 2.45) is 5.92 Å². The van der Waals surface area contributed by atoms with E-state index in [1.54, 1.807) is 0 Å². The summed E-state index contributed by atoms with van der Waals surface area (Å²) in [6.07, 6.45) is 3.97. The molecule has 2 N–H and O–H groups in total. The number of nitrogens with zero attached hydrogens (tertiary/aromatic N) is 2. The van der Waals surface area contributed by atoms with E-state index in [1.807, 2.05) is 43.3 Å². The molecule has 0 atom stereocenters. The summed E-state index contributed by atoms with van der Waals surface area (Å²) in [6, 6.07) is 8.01. The largest absolute Gasteiger partial charge is 0.480 e. The van der Waals surface area contributed by atoms with Gasteiger partial charge in [-0.25, -0.2) is 0 Å². The molecule has 0 aliphatic heterocycles. The molecule has 7 heteroatoms. The zero-order chi connectivity index (χ0) is 20.5. The summed E-state index contributed by atoms with van der Waals surface area (Å²) in [6.45, 7) is 1.56. The number of para-hydroxylation sites is 1. The minimum absolute atomic E-state index is 0.0587. The number of carbonyl (C=O) groups is 2. The van der Waals surface area contributed by atoms with Crippen molar-refractivity contribution in [1.29, 1.82) is 0 Å². The first kappa shape index (κ1) is 19.9. The van der Waals surface area contributed by atoms with Crippen molar-refractivity contribution in [3.8, 4) is 0 Å². The molecule has 2 aliphatic carbocycles. The van der Waals surface area contributed by atoms with Crippen molar-refractivity contribution in [1.82, 2.24) is 15.1 Å². The van der Waals surface area contributed by atoms with Gasteiger partial charge in [-0.3, -0.25) is 14.5 Å². The van der Waals surface area contributed by atoms with E-state index in [4.69, 9.17) is 4.42 Å². The molecular formula is C22H29N3O4. The van der Waals surface area contributed by atoms with Gasteiger partial charge in [0.15, 0.2) is 5.76 Å². The van der Waals surface area contributed by atoms with Crippen LogP contribution >= 0.6 is 0 Å². The Morgan fingerprint density at radius 3 is 2.59 bits per heavy atom. The second-order valence-electron chi connectivity index (χ2n) is 8.71. The topological polar surface area (TPSA) is 86.0 Å². The summed E-state index contributed by atoms with van der Waals surface area (Å²) in [4.78, 5) is 28.2. The average Bonchev–Trinajstić information content (AvgIpc) is 3.37. The second-order valence-corrected chi connectivity index (χ2v) is 8.71. The van der Waals surface area contributed by atoms with Gasteiger partial charge >= 0.3 is 5.97 Å². The predicted molar refractivity (Wildman–Crippen MR) is 110 cm³/mol. The van der Waals surface area contributed by atoms with Crippen LogP contribution in [-0.2, 0) is 11.3 Å². The van der Waals surface area contributed by atoms with Crippen LogP contribution < -0.4 is 5.32 Å². The van der Waals surface area contributed by atoms with Crippen LogP contribution in [-0.4, -0.2) is 66.1 Å². The lowest BCUT2D eigenvalue weighted by molar-refractivity contribution is -0.139. The number of aliphatic carboxylic acids is 1. The van der Waals surface area contributed by atoms with Crippen LogP contribution in [0.3, 0.4) is 0 Å². The molecule has 0 radical (unpaired) electrons. The molecule has 156 valence electrons. The standard InChI is InChI=1S/C22H29N3O4/c1-24(2)12-18-17-5-3-4-6-19(17)29-21(18)22(28)23-15-9-16(10-15)25(13-20(26)27)11-14-7-8-14/h3-6,14-16H,7-13H2,1-2H3,(H,23,28)(H,26,27). The fourth-order valence-electron chi connectivity index (χ4n) is 4.16. The van der Waals surface area contributed by atoms with E-state index in [0.29, 0.717) is 18.2 Å². The van der Waals surface area contributed by atoms with E-state index in [1.165, 1.54) is 12.8 Å². The maximum atomic E-state index is 12.9. The first-order chi connectivity index (χ1) is 13.9. The highest BCUT2D eigenvalue weighted by Gasteiger charge is 2.38.